The maximum absolute atomic E-state index is 13.0. The maximum Gasteiger partial charge on any atom is 0.262 e. The molecule has 5 nitrogen and oxygen atoms in total. The van der Waals surface area contributed by atoms with Crippen LogP contribution in [0.25, 0.3) is 0 Å². The van der Waals surface area contributed by atoms with Crippen LogP contribution in [-0.2, 0) is 4.79 Å². The molecule has 1 unspecified atom stereocenters. The van der Waals surface area contributed by atoms with Crippen molar-refractivity contribution >= 4 is 18.0 Å². The quantitative estimate of drug-likeness (QED) is 0.618. The summed E-state index contributed by atoms with van der Waals surface area (Å²) in [7, 11) is 0. The van der Waals surface area contributed by atoms with Crippen LogP contribution in [-0.4, -0.2) is 24.1 Å². The normalized spacial score (nSPS) is 12.2. The standard InChI is InChI=1S/C20H22FN3O2/c1-13(2)18(23-19(25)16-8-10-17(21)11-9-16)20(26)24-22-12-15-6-4-14(3)5-7-15/h4-13,18H,1-3H3,(H,23,25)(H,24,26)/b22-12+. The molecule has 0 aliphatic carbocycles. The molecule has 0 aliphatic rings. The van der Waals surface area contributed by atoms with Gasteiger partial charge in [-0.05, 0) is 42.7 Å². The number of aryl methyl sites for hydroxylation is 1. The van der Waals surface area contributed by atoms with Crippen molar-refractivity contribution in [2.24, 2.45) is 11.0 Å². The zero-order chi connectivity index (χ0) is 19.1. The Hall–Kier alpha value is -3.02. The van der Waals surface area contributed by atoms with Crippen molar-refractivity contribution in [2.75, 3.05) is 0 Å². The van der Waals surface area contributed by atoms with E-state index in [-0.39, 0.29) is 11.5 Å². The lowest BCUT2D eigenvalue weighted by Gasteiger charge is -2.20. The van der Waals surface area contributed by atoms with Crippen LogP contribution >= 0.6 is 0 Å². The number of nitrogens with one attached hydrogen (secondary N) is 2. The molecule has 0 heterocycles. The number of halogens is 1. The highest BCUT2D eigenvalue weighted by molar-refractivity contribution is 5.97. The summed E-state index contributed by atoms with van der Waals surface area (Å²) in [6, 6.07) is 12.1. The van der Waals surface area contributed by atoms with Gasteiger partial charge in [0, 0.05) is 5.56 Å². The van der Waals surface area contributed by atoms with Gasteiger partial charge >= 0.3 is 0 Å². The number of rotatable bonds is 6. The first-order chi connectivity index (χ1) is 12.4. The van der Waals surface area contributed by atoms with Crippen LogP contribution in [0, 0.1) is 18.7 Å². The van der Waals surface area contributed by atoms with Crippen molar-refractivity contribution < 1.29 is 14.0 Å². The Morgan fingerprint density at radius 1 is 1.04 bits per heavy atom. The highest BCUT2D eigenvalue weighted by Gasteiger charge is 2.24. The number of hydrogen-bond acceptors (Lipinski definition) is 3. The number of hydrogen-bond donors (Lipinski definition) is 2. The summed E-state index contributed by atoms with van der Waals surface area (Å²) in [6.07, 6.45) is 1.54. The van der Waals surface area contributed by atoms with Crippen LogP contribution in [0.5, 0.6) is 0 Å². The SMILES string of the molecule is Cc1ccc(/C=N/NC(=O)C(NC(=O)c2ccc(F)cc2)C(C)C)cc1. The zero-order valence-electron chi connectivity index (χ0n) is 15.0. The Kier molecular flexibility index (Phi) is 6.60. The summed E-state index contributed by atoms with van der Waals surface area (Å²) in [5.41, 5.74) is 4.72. The van der Waals surface area contributed by atoms with Gasteiger partial charge in [0.1, 0.15) is 11.9 Å². The summed E-state index contributed by atoms with van der Waals surface area (Å²) < 4.78 is 13.0. The smallest absolute Gasteiger partial charge is 0.262 e. The Bertz CT molecular complexity index is 784. The third kappa shape index (κ3) is 5.51. The van der Waals surface area contributed by atoms with Gasteiger partial charge in [-0.3, -0.25) is 9.59 Å². The summed E-state index contributed by atoms with van der Waals surface area (Å²) in [6.45, 7) is 5.62. The van der Waals surface area contributed by atoms with Crippen LogP contribution in [0.1, 0.15) is 35.3 Å². The van der Waals surface area contributed by atoms with Gasteiger partial charge in [0.2, 0.25) is 0 Å². The molecule has 2 rings (SSSR count). The predicted molar refractivity (Wildman–Crippen MR) is 99.4 cm³/mol. The van der Waals surface area contributed by atoms with Gasteiger partial charge in [-0.2, -0.15) is 5.10 Å². The fourth-order valence-corrected chi connectivity index (χ4v) is 2.25. The number of carbonyl (C=O) groups excluding carboxylic acids is 2. The minimum Gasteiger partial charge on any atom is -0.340 e. The molecule has 0 fully saturated rings. The molecule has 2 aromatic rings. The van der Waals surface area contributed by atoms with E-state index in [4.69, 9.17) is 0 Å². The van der Waals surface area contributed by atoms with E-state index in [1.807, 2.05) is 45.0 Å². The summed E-state index contributed by atoms with van der Waals surface area (Å²) >= 11 is 0. The molecular weight excluding hydrogens is 333 g/mol. The Morgan fingerprint density at radius 2 is 1.65 bits per heavy atom. The van der Waals surface area contributed by atoms with Crippen molar-refractivity contribution in [3.8, 4) is 0 Å². The molecule has 6 heteroatoms. The molecular formula is C20H22FN3O2. The van der Waals surface area contributed by atoms with Crippen LogP contribution in [0.15, 0.2) is 53.6 Å². The lowest BCUT2D eigenvalue weighted by Crippen LogP contribution is -2.48. The summed E-state index contributed by atoms with van der Waals surface area (Å²) in [4.78, 5) is 24.6. The molecule has 2 amide bonds. The van der Waals surface area contributed by atoms with Gasteiger partial charge in [-0.1, -0.05) is 43.7 Å². The Labute approximate surface area is 152 Å². The topological polar surface area (TPSA) is 70.6 Å². The second kappa shape index (κ2) is 8.89. The molecule has 136 valence electrons. The third-order valence-electron chi connectivity index (χ3n) is 3.81. The van der Waals surface area contributed by atoms with E-state index in [2.05, 4.69) is 15.8 Å². The number of amides is 2. The summed E-state index contributed by atoms with van der Waals surface area (Å²) in [5.74, 6) is -1.43. The van der Waals surface area contributed by atoms with E-state index in [9.17, 15) is 14.0 Å². The fourth-order valence-electron chi connectivity index (χ4n) is 2.25. The number of benzene rings is 2. The molecule has 0 saturated carbocycles. The minimum atomic E-state index is -0.761. The second-order valence-electron chi connectivity index (χ2n) is 6.35. The fraction of sp³-hybridized carbons (Fsp3) is 0.250. The number of carbonyl (C=O) groups is 2. The van der Waals surface area contributed by atoms with E-state index < -0.39 is 23.7 Å². The van der Waals surface area contributed by atoms with Crippen molar-refractivity contribution in [1.82, 2.24) is 10.7 Å². The van der Waals surface area contributed by atoms with Gasteiger partial charge in [-0.15, -0.1) is 0 Å². The highest BCUT2D eigenvalue weighted by atomic mass is 19.1. The molecule has 0 aliphatic heterocycles. The van der Waals surface area contributed by atoms with E-state index in [1.54, 1.807) is 0 Å². The highest BCUT2D eigenvalue weighted by Crippen LogP contribution is 2.07. The van der Waals surface area contributed by atoms with Crippen molar-refractivity contribution in [1.29, 1.82) is 0 Å². The van der Waals surface area contributed by atoms with Crippen molar-refractivity contribution in [3.63, 3.8) is 0 Å². The van der Waals surface area contributed by atoms with E-state index in [0.717, 1.165) is 11.1 Å². The number of hydrazone groups is 1. The first-order valence-corrected chi connectivity index (χ1v) is 8.33. The molecule has 2 aromatic carbocycles. The lowest BCUT2D eigenvalue weighted by atomic mass is 10.0. The van der Waals surface area contributed by atoms with E-state index >= 15 is 0 Å². The van der Waals surface area contributed by atoms with Crippen LogP contribution in [0.4, 0.5) is 4.39 Å². The zero-order valence-corrected chi connectivity index (χ0v) is 15.0. The predicted octanol–water partition coefficient (Wildman–Crippen LogP) is 3.04. The van der Waals surface area contributed by atoms with Gasteiger partial charge in [0.15, 0.2) is 0 Å². The van der Waals surface area contributed by atoms with Gasteiger partial charge in [0.05, 0.1) is 6.21 Å². The third-order valence-corrected chi connectivity index (χ3v) is 3.81. The summed E-state index contributed by atoms with van der Waals surface area (Å²) in [5, 5.41) is 6.60. The molecule has 0 aromatic heterocycles. The van der Waals surface area contributed by atoms with Crippen LogP contribution in [0.3, 0.4) is 0 Å². The Morgan fingerprint density at radius 3 is 2.23 bits per heavy atom. The first kappa shape index (κ1) is 19.3. The van der Waals surface area contributed by atoms with E-state index in [1.165, 1.54) is 30.5 Å². The first-order valence-electron chi connectivity index (χ1n) is 8.33. The maximum atomic E-state index is 13.0. The molecule has 1 atom stereocenters. The van der Waals surface area contributed by atoms with Gasteiger partial charge < -0.3 is 5.32 Å². The lowest BCUT2D eigenvalue weighted by molar-refractivity contribution is -0.123. The van der Waals surface area contributed by atoms with Gasteiger partial charge in [0.25, 0.3) is 11.8 Å². The monoisotopic (exact) mass is 355 g/mol. The average Bonchev–Trinajstić information content (AvgIpc) is 2.61. The van der Waals surface area contributed by atoms with Crippen molar-refractivity contribution in [2.45, 2.75) is 26.8 Å². The van der Waals surface area contributed by atoms with E-state index in [0.29, 0.717) is 0 Å². The molecule has 0 radical (unpaired) electrons. The minimum absolute atomic E-state index is 0.144. The molecule has 2 N–H and O–H groups in total. The largest absolute Gasteiger partial charge is 0.340 e. The average molecular weight is 355 g/mol. The molecule has 0 spiro atoms. The molecule has 0 bridgehead atoms. The van der Waals surface area contributed by atoms with Crippen molar-refractivity contribution in [3.05, 3.63) is 71.0 Å². The van der Waals surface area contributed by atoms with Crippen LogP contribution < -0.4 is 10.7 Å². The van der Waals surface area contributed by atoms with Gasteiger partial charge in [-0.25, -0.2) is 9.82 Å². The second-order valence-corrected chi connectivity index (χ2v) is 6.35. The molecule has 0 saturated heterocycles. The molecule has 26 heavy (non-hydrogen) atoms. The van der Waals surface area contributed by atoms with Crippen LogP contribution in [0.2, 0.25) is 0 Å². The Balaban J connectivity index is 1.99. The number of nitrogens with zero attached hydrogens (tertiary/aromatic N) is 1.